The van der Waals surface area contributed by atoms with Crippen LogP contribution < -0.4 is 9.62 Å². The lowest BCUT2D eigenvalue weighted by atomic mass is 9.70. The fourth-order valence-electron chi connectivity index (χ4n) is 6.43. The van der Waals surface area contributed by atoms with Crippen LogP contribution in [0.5, 0.6) is 0 Å². The maximum absolute atomic E-state index is 16.6. The van der Waals surface area contributed by atoms with E-state index < -0.39 is 45.4 Å². The van der Waals surface area contributed by atoms with Crippen LogP contribution in [-0.4, -0.2) is 31.9 Å². The van der Waals surface area contributed by atoms with Gasteiger partial charge in [-0.2, -0.15) is 11.8 Å². The molecule has 5 nitrogen and oxygen atoms in total. The van der Waals surface area contributed by atoms with E-state index in [0.717, 1.165) is 25.0 Å². The summed E-state index contributed by atoms with van der Waals surface area (Å²) in [5, 5.41) is 2.57. The summed E-state index contributed by atoms with van der Waals surface area (Å²) in [5.74, 6) is -0.652. The van der Waals surface area contributed by atoms with Crippen molar-refractivity contribution in [3.8, 4) is 0 Å². The number of alkyl halides is 2. The summed E-state index contributed by atoms with van der Waals surface area (Å²) in [5.41, 5.74) is -0.640. The second-order valence-electron chi connectivity index (χ2n) is 10.8. The van der Waals surface area contributed by atoms with Crippen LogP contribution >= 0.6 is 11.8 Å². The number of thioether (sulfide) groups is 1. The second-order valence-corrected chi connectivity index (χ2v) is 13.8. The van der Waals surface area contributed by atoms with Crippen LogP contribution in [0.4, 0.5) is 23.2 Å². The largest absolute Gasteiger partial charge is 0.348 e. The van der Waals surface area contributed by atoms with Gasteiger partial charge in [0.05, 0.1) is 22.2 Å². The first-order valence-corrected chi connectivity index (χ1v) is 16.1. The molecule has 0 radical (unpaired) electrons. The van der Waals surface area contributed by atoms with Crippen molar-refractivity contribution in [1.29, 1.82) is 0 Å². The van der Waals surface area contributed by atoms with Gasteiger partial charge in [0.15, 0.2) is 0 Å². The summed E-state index contributed by atoms with van der Waals surface area (Å²) in [7, 11) is -4.19. The summed E-state index contributed by atoms with van der Waals surface area (Å²) in [6, 6.07) is 12.6. The van der Waals surface area contributed by atoms with E-state index in [-0.39, 0.29) is 45.3 Å². The number of anilines is 1. The third-order valence-corrected chi connectivity index (χ3v) is 11.3. The molecular weight excluding hydrogens is 576 g/mol. The van der Waals surface area contributed by atoms with Crippen LogP contribution in [0.15, 0.2) is 65.6 Å². The van der Waals surface area contributed by atoms with Crippen LogP contribution in [0.1, 0.15) is 59.2 Å². The van der Waals surface area contributed by atoms with Crippen molar-refractivity contribution in [3.05, 3.63) is 94.6 Å². The lowest BCUT2D eigenvalue weighted by Gasteiger charge is -2.41. The van der Waals surface area contributed by atoms with E-state index in [9.17, 15) is 26.4 Å². The highest BCUT2D eigenvalue weighted by molar-refractivity contribution is 7.99. The fraction of sp³-hybridized carbons (Fsp3) is 0.367. The van der Waals surface area contributed by atoms with Crippen molar-refractivity contribution in [2.45, 2.75) is 55.0 Å². The number of fused-ring (bicyclic) bond motifs is 2. The maximum atomic E-state index is 16.6. The molecule has 1 saturated heterocycles. The molecule has 1 unspecified atom stereocenters. The van der Waals surface area contributed by atoms with E-state index >= 15 is 4.39 Å². The number of sulfonamides is 1. The Kier molecular flexibility index (Phi) is 7.30. The van der Waals surface area contributed by atoms with Gasteiger partial charge in [0.1, 0.15) is 11.6 Å². The molecule has 3 aliphatic rings. The summed E-state index contributed by atoms with van der Waals surface area (Å²) in [4.78, 5) is 13.2. The lowest BCUT2D eigenvalue weighted by Crippen LogP contribution is -2.50. The Hall–Kier alpha value is -3.05. The number of nitrogens with one attached hydrogen (secondary N) is 1. The molecule has 1 saturated carbocycles. The van der Waals surface area contributed by atoms with E-state index in [2.05, 4.69) is 5.32 Å². The van der Waals surface area contributed by atoms with Gasteiger partial charge in [0.25, 0.3) is 22.4 Å². The van der Waals surface area contributed by atoms with Gasteiger partial charge in [-0.15, -0.1) is 0 Å². The molecule has 41 heavy (non-hydrogen) atoms. The highest BCUT2D eigenvalue weighted by Crippen LogP contribution is 2.60. The van der Waals surface area contributed by atoms with Crippen LogP contribution in [0.25, 0.3) is 0 Å². The zero-order chi connectivity index (χ0) is 28.9. The van der Waals surface area contributed by atoms with Crippen LogP contribution in [0, 0.1) is 17.6 Å². The molecule has 3 aromatic rings. The molecule has 1 atom stereocenters. The van der Waals surface area contributed by atoms with E-state index in [0.29, 0.717) is 24.3 Å². The molecule has 2 aliphatic heterocycles. The molecular formula is C30H28F4N2O3S2. The van der Waals surface area contributed by atoms with Crippen molar-refractivity contribution in [2.24, 2.45) is 5.92 Å². The molecule has 216 valence electrons. The number of hydrogen-bond acceptors (Lipinski definition) is 4. The minimum Gasteiger partial charge on any atom is -0.348 e. The van der Waals surface area contributed by atoms with Crippen LogP contribution in [-0.2, 0) is 22.0 Å². The Morgan fingerprint density at radius 3 is 2.34 bits per heavy atom. The molecule has 1 spiro atoms. The maximum Gasteiger partial charge on any atom is 0.264 e. The number of nitrogens with zero attached hydrogens (tertiary/aromatic N) is 1. The normalized spacial score (nSPS) is 19.9. The topological polar surface area (TPSA) is 66.5 Å². The average Bonchev–Trinajstić information content (AvgIpc) is 3.76. The molecule has 1 amide bonds. The molecule has 0 aromatic heterocycles. The summed E-state index contributed by atoms with van der Waals surface area (Å²) < 4.78 is 86.6. The molecule has 0 bridgehead atoms. The zero-order valence-corrected chi connectivity index (χ0v) is 23.6. The number of rotatable bonds is 7. The van der Waals surface area contributed by atoms with Crippen molar-refractivity contribution in [1.82, 2.24) is 5.32 Å². The van der Waals surface area contributed by atoms with E-state index in [4.69, 9.17) is 0 Å². The predicted octanol–water partition coefficient (Wildman–Crippen LogP) is 6.58. The molecule has 1 N–H and O–H groups in total. The predicted molar refractivity (Wildman–Crippen MR) is 150 cm³/mol. The molecule has 2 heterocycles. The first kappa shape index (κ1) is 28.1. The van der Waals surface area contributed by atoms with Gasteiger partial charge in [0.2, 0.25) is 0 Å². The summed E-state index contributed by atoms with van der Waals surface area (Å²) in [6.45, 7) is -0.215. The lowest BCUT2D eigenvalue weighted by molar-refractivity contribution is 0.0944. The monoisotopic (exact) mass is 604 g/mol. The summed E-state index contributed by atoms with van der Waals surface area (Å²) in [6.07, 6.45) is -0.0174. The fourth-order valence-corrected chi connectivity index (χ4v) is 9.45. The molecule has 2 fully saturated rings. The van der Waals surface area contributed by atoms with Gasteiger partial charge >= 0.3 is 0 Å². The van der Waals surface area contributed by atoms with Crippen molar-refractivity contribution < 1.29 is 30.8 Å². The number of carbonyl (C=O) groups excluding carboxylic acids is 1. The minimum absolute atomic E-state index is 0.0308. The van der Waals surface area contributed by atoms with Gasteiger partial charge < -0.3 is 5.32 Å². The highest BCUT2D eigenvalue weighted by atomic mass is 32.2. The number of carbonyl (C=O) groups is 1. The van der Waals surface area contributed by atoms with Gasteiger partial charge in [-0.1, -0.05) is 24.3 Å². The molecule has 11 heteroatoms. The van der Waals surface area contributed by atoms with Crippen molar-refractivity contribution >= 4 is 33.4 Å². The van der Waals surface area contributed by atoms with Crippen molar-refractivity contribution in [2.75, 3.05) is 15.8 Å². The average molecular weight is 605 g/mol. The molecule has 3 aromatic carbocycles. The van der Waals surface area contributed by atoms with E-state index in [1.807, 2.05) is 0 Å². The Balaban J connectivity index is 1.43. The molecule has 6 rings (SSSR count). The first-order chi connectivity index (χ1) is 19.6. The number of hydrogen-bond donors (Lipinski definition) is 1. The van der Waals surface area contributed by atoms with Crippen molar-refractivity contribution in [3.63, 3.8) is 0 Å². The van der Waals surface area contributed by atoms with Gasteiger partial charge in [-0.25, -0.2) is 26.0 Å². The highest BCUT2D eigenvalue weighted by Gasteiger charge is 2.60. The van der Waals surface area contributed by atoms with Crippen LogP contribution in [0.3, 0.4) is 0 Å². The number of halogens is 4. The van der Waals surface area contributed by atoms with Gasteiger partial charge in [-0.05, 0) is 85.1 Å². The Labute approximate surface area is 240 Å². The SMILES string of the molecule is O=C(NCc1ccccc1C(F)F)c1ccc2c(c1F)C1(CCSCC1)C(C1CC1)N2S(=O)(=O)c1ccc(F)cc1. The minimum atomic E-state index is -4.19. The van der Waals surface area contributed by atoms with Gasteiger partial charge in [0, 0.05) is 23.1 Å². The Morgan fingerprint density at radius 2 is 1.68 bits per heavy atom. The quantitative estimate of drug-likeness (QED) is 0.309. The second kappa shape index (κ2) is 10.7. The van der Waals surface area contributed by atoms with E-state index in [1.165, 1.54) is 46.8 Å². The third-order valence-electron chi connectivity index (χ3n) is 8.47. The first-order valence-electron chi connectivity index (χ1n) is 13.5. The summed E-state index contributed by atoms with van der Waals surface area (Å²) >= 11 is 1.72. The smallest absolute Gasteiger partial charge is 0.264 e. The van der Waals surface area contributed by atoms with Crippen LogP contribution in [0.2, 0.25) is 0 Å². The Bertz CT molecular complexity index is 1590. The molecule has 1 aliphatic carbocycles. The third kappa shape index (κ3) is 4.80. The van der Waals surface area contributed by atoms with E-state index in [1.54, 1.807) is 17.8 Å². The number of benzene rings is 3. The standard InChI is InChI=1S/C30H28F4N2O3S2/c31-20-7-9-21(10-8-20)41(38,39)36-24-12-11-23(29(37)35-17-19-3-1-2-4-22(19)28(33)34)26(32)25(24)30(13-15-40-16-14-30)27(36)18-5-6-18/h1-4,7-12,18,27-28H,5-6,13-17H2,(H,35,37). The van der Waals surface area contributed by atoms with Gasteiger partial charge in [-0.3, -0.25) is 9.10 Å². The zero-order valence-electron chi connectivity index (χ0n) is 22.0. The Morgan fingerprint density at radius 1 is 1.00 bits per heavy atom. The number of amides is 1.